The Bertz CT molecular complexity index is 551. The summed E-state index contributed by atoms with van der Waals surface area (Å²) in [6, 6.07) is 8.12. The number of halogens is 1. The molecule has 0 bridgehead atoms. The maximum atomic E-state index is 5.79. The number of nitrogens with one attached hydrogen (secondary N) is 2. The van der Waals surface area contributed by atoms with E-state index in [0.29, 0.717) is 6.54 Å². The lowest BCUT2D eigenvalue weighted by molar-refractivity contribution is 0.0420. The van der Waals surface area contributed by atoms with E-state index in [1.807, 2.05) is 18.2 Å². The van der Waals surface area contributed by atoms with Crippen molar-refractivity contribution in [3.8, 4) is 5.75 Å². The van der Waals surface area contributed by atoms with Crippen LogP contribution in [0.5, 0.6) is 5.75 Å². The Hall–Kier alpha value is -1.06. The number of methoxy groups -OCH3 is 1. The van der Waals surface area contributed by atoms with E-state index in [4.69, 9.17) is 19.2 Å². The zero-order chi connectivity index (χ0) is 18.6. The van der Waals surface area contributed by atoms with E-state index in [9.17, 15) is 0 Å². The Kier molecular flexibility index (Phi) is 12.4. The molecular weight excluding hydrogens is 457 g/mol. The lowest BCUT2D eigenvalue weighted by atomic mass is 10.0. The second-order valence-corrected chi connectivity index (χ2v) is 6.50. The van der Waals surface area contributed by atoms with Crippen molar-refractivity contribution in [1.82, 2.24) is 10.6 Å². The molecule has 154 valence electrons. The molecule has 0 spiro atoms. The van der Waals surface area contributed by atoms with Crippen LogP contribution in [0, 0.1) is 0 Å². The lowest BCUT2D eigenvalue weighted by Gasteiger charge is -2.16. The normalized spacial score (nSPS) is 17.9. The van der Waals surface area contributed by atoms with Crippen LogP contribution in [0.3, 0.4) is 0 Å². The van der Waals surface area contributed by atoms with E-state index in [-0.39, 0.29) is 36.0 Å². The van der Waals surface area contributed by atoms with Crippen molar-refractivity contribution in [2.24, 2.45) is 4.99 Å². The fourth-order valence-corrected chi connectivity index (χ4v) is 2.92. The van der Waals surface area contributed by atoms with Gasteiger partial charge in [-0.25, -0.2) is 0 Å². The van der Waals surface area contributed by atoms with Gasteiger partial charge in [-0.05, 0) is 31.4 Å². The van der Waals surface area contributed by atoms with Crippen LogP contribution >= 0.6 is 24.0 Å². The van der Waals surface area contributed by atoms with Crippen molar-refractivity contribution < 1.29 is 14.2 Å². The Morgan fingerprint density at radius 2 is 2.15 bits per heavy atom. The average Bonchev–Trinajstić information content (AvgIpc) is 3.19. The predicted molar refractivity (Wildman–Crippen MR) is 121 cm³/mol. The minimum absolute atomic E-state index is 0. The highest BCUT2D eigenvalue weighted by molar-refractivity contribution is 14.0. The molecule has 1 saturated heterocycles. The molecule has 0 radical (unpaired) electrons. The van der Waals surface area contributed by atoms with E-state index in [1.165, 1.54) is 5.56 Å². The molecule has 0 saturated carbocycles. The molecule has 1 aromatic rings. The summed E-state index contributed by atoms with van der Waals surface area (Å²) < 4.78 is 16.6. The number of aliphatic imine (C=N–C) groups is 1. The van der Waals surface area contributed by atoms with Gasteiger partial charge in [0.2, 0.25) is 0 Å². The lowest BCUT2D eigenvalue weighted by Crippen LogP contribution is -2.38. The summed E-state index contributed by atoms with van der Waals surface area (Å²) >= 11 is 0. The molecule has 1 aliphatic rings. The number of guanidine groups is 1. The molecule has 1 heterocycles. The largest absolute Gasteiger partial charge is 0.496 e. The Morgan fingerprint density at radius 3 is 2.85 bits per heavy atom. The number of hydrogen-bond acceptors (Lipinski definition) is 4. The van der Waals surface area contributed by atoms with Gasteiger partial charge in [0.05, 0.1) is 19.8 Å². The van der Waals surface area contributed by atoms with E-state index in [1.54, 1.807) is 7.11 Å². The third-order valence-electron chi connectivity index (χ3n) is 4.39. The predicted octanol–water partition coefficient (Wildman–Crippen LogP) is 3.17. The van der Waals surface area contributed by atoms with Gasteiger partial charge >= 0.3 is 0 Å². The van der Waals surface area contributed by atoms with Gasteiger partial charge < -0.3 is 24.8 Å². The van der Waals surface area contributed by atoms with Crippen LogP contribution in [0.25, 0.3) is 0 Å². The van der Waals surface area contributed by atoms with E-state index < -0.39 is 0 Å². The van der Waals surface area contributed by atoms with Gasteiger partial charge in [-0.3, -0.25) is 4.99 Å². The van der Waals surface area contributed by atoms with Gasteiger partial charge in [-0.1, -0.05) is 25.1 Å². The number of hydrogen-bond donors (Lipinski definition) is 2. The highest BCUT2D eigenvalue weighted by Gasteiger charge is 2.15. The van der Waals surface area contributed by atoms with Crippen molar-refractivity contribution in [2.75, 3.05) is 46.6 Å². The van der Waals surface area contributed by atoms with Crippen LogP contribution in [0.4, 0.5) is 0 Å². The Labute approximate surface area is 180 Å². The van der Waals surface area contributed by atoms with Crippen molar-refractivity contribution in [3.05, 3.63) is 29.8 Å². The molecule has 0 aliphatic carbocycles. The molecule has 7 heteroatoms. The van der Waals surface area contributed by atoms with Crippen molar-refractivity contribution in [3.63, 3.8) is 0 Å². The second-order valence-electron chi connectivity index (χ2n) is 6.50. The standard InChI is InChI=1S/C20H33N3O3.HI/c1-4-21-20(22-11-7-12-26-17-10-13-25-15-17)23-14-16(2)18-8-5-6-9-19(18)24-3;/h5-6,8-9,16-17H,4,7,10-15H2,1-3H3,(H2,21,22,23);1H. The molecule has 2 atom stereocenters. The number of rotatable bonds is 10. The van der Waals surface area contributed by atoms with Crippen LogP contribution < -0.4 is 15.4 Å². The van der Waals surface area contributed by atoms with Crippen LogP contribution in [-0.4, -0.2) is 58.6 Å². The molecular formula is C20H34IN3O3. The Balaban J connectivity index is 0.00000364. The van der Waals surface area contributed by atoms with Crippen LogP contribution in [0.2, 0.25) is 0 Å². The van der Waals surface area contributed by atoms with Crippen molar-refractivity contribution in [2.45, 2.75) is 38.7 Å². The number of benzene rings is 1. The summed E-state index contributed by atoms with van der Waals surface area (Å²) in [6.45, 7) is 8.92. The van der Waals surface area contributed by atoms with Crippen molar-refractivity contribution >= 4 is 29.9 Å². The van der Waals surface area contributed by atoms with Gasteiger partial charge in [-0.2, -0.15) is 0 Å². The third kappa shape index (κ3) is 8.66. The summed E-state index contributed by atoms with van der Waals surface area (Å²) in [4.78, 5) is 4.72. The molecule has 2 unspecified atom stereocenters. The first-order valence-electron chi connectivity index (χ1n) is 9.59. The molecule has 2 N–H and O–H groups in total. The fourth-order valence-electron chi connectivity index (χ4n) is 2.92. The molecule has 1 aliphatic heterocycles. The molecule has 1 fully saturated rings. The van der Waals surface area contributed by atoms with E-state index in [0.717, 1.165) is 57.5 Å². The monoisotopic (exact) mass is 491 g/mol. The maximum Gasteiger partial charge on any atom is 0.191 e. The van der Waals surface area contributed by atoms with Gasteiger partial charge in [0.25, 0.3) is 0 Å². The first-order valence-corrected chi connectivity index (χ1v) is 9.59. The second kappa shape index (κ2) is 14.0. The smallest absolute Gasteiger partial charge is 0.191 e. The molecule has 27 heavy (non-hydrogen) atoms. The van der Waals surface area contributed by atoms with Crippen LogP contribution in [0.1, 0.15) is 38.2 Å². The van der Waals surface area contributed by atoms with Gasteiger partial charge in [-0.15, -0.1) is 24.0 Å². The summed E-state index contributed by atoms with van der Waals surface area (Å²) in [7, 11) is 1.71. The first kappa shape index (κ1) is 24.0. The molecule has 0 amide bonds. The zero-order valence-electron chi connectivity index (χ0n) is 16.7. The average molecular weight is 491 g/mol. The van der Waals surface area contributed by atoms with Crippen LogP contribution in [-0.2, 0) is 9.47 Å². The van der Waals surface area contributed by atoms with Crippen molar-refractivity contribution in [1.29, 1.82) is 0 Å². The quantitative estimate of drug-likeness (QED) is 0.228. The molecule has 6 nitrogen and oxygen atoms in total. The number of para-hydroxylation sites is 1. The fraction of sp³-hybridized carbons (Fsp3) is 0.650. The van der Waals surface area contributed by atoms with Gasteiger partial charge in [0.15, 0.2) is 5.96 Å². The Morgan fingerprint density at radius 1 is 1.33 bits per heavy atom. The van der Waals surface area contributed by atoms with Crippen LogP contribution in [0.15, 0.2) is 29.3 Å². The number of nitrogens with zero attached hydrogens (tertiary/aromatic N) is 1. The third-order valence-corrected chi connectivity index (χ3v) is 4.39. The van der Waals surface area contributed by atoms with Gasteiger partial charge in [0, 0.05) is 38.8 Å². The molecule has 2 rings (SSSR count). The van der Waals surface area contributed by atoms with Gasteiger partial charge in [0.1, 0.15) is 5.75 Å². The maximum absolute atomic E-state index is 5.79. The summed E-state index contributed by atoms with van der Waals surface area (Å²) in [5.74, 6) is 2.05. The topological polar surface area (TPSA) is 64.1 Å². The minimum Gasteiger partial charge on any atom is -0.496 e. The van der Waals surface area contributed by atoms with E-state index in [2.05, 4.69) is 30.5 Å². The summed E-state index contributed by atoms with van der Waals surface area (Å²) in [5.41, 5.74) is 1.18. The molecule has 0 aromatic heterocycles. The van der Waals surface area contributed by atoms with E-state index >= 15 is 0 Å². The summed E-state index contributed by atoms with van der Waals surface area (Å²) in [6.07, 6.45) is 2.24. The minimum atomic E-state index is 0. The first-order chi connectivity index (χ1) is 12.7. The highest BCUT2D eigenvalue weighted by Crippen LogP contribution is 2.26. The SMILES string of the molecule is CCNC(=NCC(C)c1ccccc1OC)NCCCOC1CCOC1.I. The highest BCUT2D eigenvalue weighted by atomic mass is 127. The molecule has 1 aromatic carbocycles. The number of ether oxygens (including phenoxy) is 3. The summed E-state index contributed by atoms with van der Waals surface area (Å²) in [5, 5.41) is 6.67. The zero-order valence-corrected chi connectivity index (χ0v) is 19.0.